The van der Waals surface area contributed by atoms with Crippen molar-refractivity contribution < 1.29 is 25.2 Å². The smallest absolute Gasteiger partial charge is 0.306 e. The summed E-state index contributed by atoms with van der Waals surface area (Å²) in [6.07, 6.45) is 5.07. The summed E-state index contributed by atoms with van der Waals surface area (Å²) in [5.41, 5.74) is 0. The van der Waals surface area contributed by atoms with Crippen LogP contribution in [0.2, 0.25) is 0 Å². The van der Waals surface area contributed by atoms with Gasteiger partial charge in [0.2, 0.25) is 0 Å². The molecule has 1 atom stereocenters. The minimum Gasteiger partial charge on any atom is -0.481 e. The van der Waals surface area contributed by atoms with E-state index in [1.807, 2.05) is 6.92 Å². The number of aliphatic hydroxyl groups excluding tert-OH is 3. The van der Waals surface area contributed by atoms with Crippen LogP contribution in [0.3, 0.4) is 0 Å². The summed E-state index contributed by atoms with van der Waals surface area (Å²) >= 11 is 0. The van der Waals surface area contributed by atoms with E-state index in [1.165, 1.54) is 0 Å². The third-order valence-corrected chi connectivity index (χ3v) is 3.04. The topological polar surface area (TPSA) is 98.0 Å². The first-order valence-corrected chi connectivity index (χ1v) is 7.12. The normalized spacial score (nSPS) is 11.9. The molecule has 0 aromatic heterocycles. The Kier molecular flexibility index (Phi) is 16.8. The first kappa shape index (κ1) is 20.7. The van der Waals surface area contributed by atoms with Crippen LogP contribution in [0, 0.1) is 11.8 Å². The molecule has 0 aliphatic carbocycles. The first-order chi connectivity index (χ1) is 9.06. The van der Waals surface area contributed by atoms with Crippen LogP contribution >= 0.6 is 0 Å². The van der Waals surface area contributed by atoms with Crippen LogP contribution in [-0.2, 0) is 4.79 Å². The lowest BCUT2D eigenvalue weighted by Gasteiger charge is -2.07. The van der Waals surface area contributed by atoms with Gasteiger partial charge in [0.05, 0.1) is 5.92 Å². The van der Waals surface area contributed by atoms with Crippen molar-refractivity contribution in [2.75, 3.05) is 19.8 Å². The van der Waals surface area contributed by atoms with Crippen LogP contribution in [0.5, 0.6) is 0 Å². The Morgan fingerprint density at radius 2 is 1.58 bits per heavy atom. The number of rotatable bonds is 10. The molecule has 0 fully saturated rings. The van der Waals surface area contributed by atoms with Crippen LogP contribution < -0.4 is 0 Å². The lowest BCUT2D eigenvalue weighted by Crippen LogP contribution is -2.11. The molecule has 0 aliphatic rings. The van der Waals surface area contributed by atoms with Crippen molar-refractivity contribution >= 4 is 5.97 Å². The van der Waals surface area contributed by atoms with E-state index >= 15 is 0 Å². The molecule has 5 nitrogen and oxygen atoms in total. The van der Waals surface area contributed by atoms with Gasteiger partial charge in [0, 0.05) is 25.7 Å². The fourth-order valence-electron chi connectivity index (χ4n) is 1.57. The van der Waals surface area contributed by atoms with Crippen molar-refractivity contribution in [3.63, 3.8) is 0 Å². The maximum absolute atomic E-state index is 10.4. The van der Waals surface area contributed by atoms with E-state index in [9.17, 15) is 4.79 Å². The van der Waals surface area contributed by atoms with Crippen LogP contribution in [0.4, 0.5) is 0 Å². The molecule has 1 unspecified atom stereocenters. The standard InChI is InChI=1S/C8H16O2.C6H14O3/c1-3-5-6-7(4-2)8(9)10;7-3-1-2-6(4-8)5-9/h7H,3-6H2,1-2H3,(H,9,10);6-9H,1-5H2. The quantitative estimate of drug-likeness (QED) is 0.487. The van der Waals surface area contributed by atoms with Gasteiger partial charge >= 0.3 is 5.97 Å². The Balaban J connectivity index is 0. The van der Waals surface area contributed by atoms with Crippen molar-refractivity contribution in [2.24, 2.45) is 11.8 Å². The Labute approximate surface area is 116 Å². The molecule has 0 bridgehead atoms. The Morgan fingerprint density at radius 3 is 1.89 bits per heavy atom. The first-order valence-electron chi connectivity index (χ1n) is 7.12. The molecule has 0 spiro atoms. The highest BCUT2D eigenvalue weighted by Gasteiger charge is 2.12. The summed E-state index contributed by atoms with van der Waals surface area (Å²) in [5.74, 6) is -0.798. The van der Waals surface area contributed by atoms with Gasteiger partial charge in [-0.25, -0.2) is 0 Å². The van der Waals surface area contributed by atoms with Gasteiger partial charge in [-0.1, -0.05) is 26.7 Å². The fourth-order valence-corrected chi connectivity index (χ4v) is 1.57. The fraction of sp³-hybridized carbons (Fsp3) is 0.929. The molecule has 0 heterocycles. The summed E-state index contributed by atoms with van der Waals surface area (Å²) in [4.78, 5) is 10.4. The van der Waals surface area contributed by atoms with Gasteiger partial charge in [0.15, 0.2) is 0 Å². The number of carboxylic acids is 1. The molecule has 5 heteroatoms. The van der Waals surface area contributed by atoms with Crippen LogP contribution in [0.25, 0.3) is 0 Å². The minimum absolute atomic E-state index is 0.0104. The molecule has 19 heavy (non-hydrogen) atoms. The zero-order valence-electron chi connectivity index (χ0n) is 12.2. The number of carboxylic acid groups (broad SMARTS) is 1. The molecule has 0 aromatic rings. The molecule has 0 aromatic carbocycles. The van der Waals surface area contributed by atoms with Crippen molar-refractivity contribution in [1.29, 1.82) is 0 Å². The van der Waals surface area contributed by atoms with Crippen molar-refractivity contribution in [2.45, 2.75) is 52.4 Å². The van der Waals surface area contributed by atoms with Crippen molar-refractivity contribution in [3.8, 4) is 0 Å². The molecule has 0 radical (unpaired) electrons. The van der Waals surface area contributed by atoms with E-state index in [0.717, 1.165) is 25.7 Å². The van der Waals surface area contributed by atoms with E-state index in [2.05, 4.69) is 6.92 Å². The number of carbonyl (C=O) groups is 1. The number of hydrogen-bond donors (Lipinski definition) is 4. The van der Waals surface area contributed by atoms with Gasteiger partial charge in [0.25, 0.3) is 0 Å². The summed E-state index contributed by atoms with van der Waals surface area (Å²) < 4.78 is 0. The molecule has 0 saturated heterocycles. The third-order valence-electron chi connectivity index (χ3n) is 3.04. The summed E-state index contributed by atoms with van der Waals surface area (Å²) in [6, 6.07) is 0. The van der Waals surface area contributed by atoms with E-state index < -0.39 is 5.97 Å². The second kappa shape index (κ2) is 15.4. The van der Waals surface area contributed by atoms with Gasteiger partial charge in [0.1, 0.15) is 0 Å². The molecule has 0 amide bonds. The lowest BCUT2D eigenvalue weighted by molar-refractivity contribution is -0.142. The third kappa shape index (κ3) is 13.6. The average Bonchev–Trinajstić information content (AvgIpc) is 2.41. The molecule has 116 valence electrons. The lowest BCUT2D eigenvalue weighted by atomic mass is 10.00. The van der Waals surface area contributed by atoms with Gasteiger partial charge in [-0.2, -0.15) is 0 Å². The largest absolute Gasteiger partial charge is 0.481 e. The van der Waals surface area contributed by atoms with E-state index in [0.29, 0.717) is 12.8 Å². The number of aliphatic carboxylic acids is 1. The number of aliphatic hydroxyl groups is 3. The Morgan fingerprint density at radius 1 is 1.00 bits per heavy atom. The highest BCUT2D eigenvalue weighted by Crippen LogP contribution is 2.11. The zero-order chi connectivity index (χ0) is 15.1. The maximum Gasteiger partial charge on any atom is 0.306 e. The highest BCUT2D eigenvalue weighted by molar-refractivity contribution is 5.69. The van der Waals surface area contributed by atoms with Gasteiger partial charge in [-0.05, 0) is 25.7 Å². The Bertz CT molecular complexity index is 192. The maximum atomic E-state index is 10.4. The molecule has 0 aliphatic heterocycles. The van der Waals surface area contributed by atoms with Crippen LogP contribution in [0.1, 0.15) is 52.4 Å². The Hall–Kier alpha value is -0.650. The zero-order valence-corrected chi connectivity index (χ0v) is 12.2. The minimum atomic E-state index is -0.643. The summed E-state index contributed by atoms with van der Waals surface area (Å²) in [5, 5.41) is 34.0. The summed E-state index contributed by atoms with van der Waals surface area (Å²) in [6.45, 7) is 4.16. The van der Waals surface area contributed by atoms with Gasteiger partial charge < -0.3 is 20.4 Å². The SMILES string of the molecule is CCCCC(CC)C(=O)O.OCCCC(CO)CO. The van der Waals surface area contributed by atoms with E-state index in [1.54, 1.807) is 0 Å². The predicted molar refractivity (Wildman–Crippen MR) is 74.9 cm³/mol. The molecule has 0 saturated carbocycles. The molecular formula is C14H30O5. The average molecular weight is 278 g/mol. The van der Waals surface area contributed by atoms with Crippen LogP contribution in [0.15, 0.2) is 0 Å². The highest BCUT2D eigenvalue weighted by atomic mass is 16.4. The number of hydrogen-bond acceptors (Lipinski definition) is 4. The summed E-state index contributed by atoms with van der Waals surface area (Å²) in [7, 11) is 0. The van der Waals surface area contributed by atoms with Crippen LogP contribution in [-0.4, -0.2) is 46.2 Å². The molecule has 0 rings (SSSR count). The van der Waals surface area contributed by atoms with E-state index in [4.69, 9.17) is 20.4 Å². The van der Waals surface area contributed by atoms with Gasteiger partial charge in [-0.15, -0.1) is 0 Å². The van der Waals surface area contributed by atoms with E-state index in [-0.39, 0.29) is 31.7 Å². The number of unbranched alkanes of at least 4 members (excludes halogenated alkanes) is 1. The molecule has 4 N–H and O–H groups in total. The van der Waals surface area contributed by atoms with Crippen molar-refractivity contribution in [3.05, 3.63) is 0 Å². The second-order valence-electron chi connectivity index (χ2n) is 4.68. The second-order valence-corrected chi connectivity index (χ2v) is 4.68. The predicted octanol–water partition coefficient (Wildman–Crippen LogP) is 1.65. The van der Waals surface area contributed by atoms with Gasteiger partial charge in [-0.3, -0.25) is 4.79 Å². The van der Waals surface area contributed by atoms with Crippen molar-refractivity contribution in [1.82, 2.24) is 0 Å². The molecular weight excluding hydrogens is 248 g/mol. The monoisotopic (exact) mass is 278 g/mol.